The van der Waals surface area contributed by atoms with E-state index in [1.165, 1.54) is 6.20 Å². The average Bonchev–Trinajstić information content (AvgIpc) is 2.86. The van der Waals surface area contributed by atoms with Crippen LogP contribution in [0.25, 0.3) is 11.1 Å². The van der Waals surface area contributed by atoms with Crippen LogP contribution in [0.2, 0.25) is 0 Å². The molecule has 3 heterocycles. The van der Waals surface area contributed by atoms with Gasteiger partial charge in [-0.15, -0.1) is 0 Å². The second-order valence-electron chi connectivity index (χ2n) is 9.09. The first kappa shape index (κ1) is 23.9. The van der Waals surface area contributed by atoms with Crippen LogP contribution in [0, 0.1) is 11.7 Å². The average molecular weight is 458 g/mol. The summed E-state index contributed by atoms with van der Waals surface area (Å²) < 4.78 is 25.2. The standard InChI is InChI=1S/C25H36FN5O2/c1-32-11-8-28-20-2-4-21(5-3-20)31-25-13-23(24(26)17-30-25)19-12-22(16-27-15-19)29-14-18-6-9-33-10-7-18/h12-13,15-18,20-21,28-29H,2-11,14H2,1H3,(H,30,31). The number of methoxy groups -OCH3 is 1. The minimum absolute atomic E-state index is 0.338. The highest BCUT2D eigenvalue weighted by molar-refractivity contribution is 5.69. The molecule has 0 atom stereocenters. The number of rotatable bonds is 10. The number of halogens is 1. The zero-order valence-electron chi connectivity index (χ0n) is 19.5. The van der Waals surface area contributed by atoms with E-state index < -0.39 is 0 Å². The number of hydrogen-bond donors (Lipinski definition) is 3. The molecule has 1 aliphatic carbocycles. The molecule has 0 amide bonds. The predicted molar refractivity (Wildman–Crippen MR) is 129 cm³/mol. The van der Waals surface area contributed by atoms with Gasteiger partial charge in [-0.3, -0.25) is 4.98 Å². The molecule has 1 saturated heterocycles. The monoisotopic (exact) mass is 457 g/mol. The Hall–Kier alpha value is -2.29. The van der Waals surface area contributed by atoms with Crippen molar-refractivity contribution in [3.8, 4) is 11.1 Å². The van der Waals surface area contributed by atoms with Crippen LogP contribution in [0.4, 0.5) is 15.9 Å². The maximum absolute atomic E-state index is 14.7. The van der Waals surface area contributed by atoms with Gasteiger partial charge >= 0.3 is 0 Å². The zero-order chi connectivity index (χ0) is 22.9. The Balaban J connectivity index is 1.34. The van der Waals surface area contributed by atoms with E-state index in [2.05, 4.69) is 25.9 Å². The van der Waals surface area contributed by atoms with Crippen molar-refractivity contribution in [2.75, 3.05) is 50.7 Å². The van der Waals surface area contributed by atoms with E-state index in [1.807, 2.05) is 6.07 Å². The van der Waals surface area contributed by atoms with Gasteiger partial charge in [-0.25, -0.2) is 9.37 Å². The summed E-state index contributed by atoms with van der Waals surface area (Å²) in [6, 6.07) is 4.66. The molecule has 2 aromatic heterocycles. The summed E-state index contributed by atoms with van der Waals surface area (Å²) in [6.07, 6.45) is 11.3. The van der Waals surface area contributed by atoms with Crippen molar-refractivity contribution in [2.45, 2.75) is 50.6 Å². The van der Waals surface area contributed by atoms with Gasteiger partial charge in [0.25, 0.3) is 0 Å². The second kappa shape index (κ2) is 12.3. The molecule has 2 aliphatic rings. The van der Waals surface area contributed by atoms with Crippen molar-refractivity contribution < 1.29 is 13.9 Å². The molecule has 2 fully saturated rings. The molecule has 33 heavy (non-hydrogen) atoms. The smallest absolute Gasteiger partial charge is 0.149 e. The van der Waals surface area contributed by atoms with Crippen molar-refractivity contribution in [3.63, 3.8) is 0 Å². The van der Waals surface area contributed by atoms with E-state index in [-0.39, 0.29) is 5.82 Å². The molecular weight excluding hydrogens is 421 g/mol. The van der Waals surface area contributed by atoms with Crippen molar-refractivity contribution in [3.05, 3.63) is 36.5 Å². The Morgan fingerprint density at radius 1 is 1.03 bits per heavy atom. The van der Waals surface area contributed by atoms with Gasteiger partial charge in [0.15, 0.2) is 0 Å². The predicted octanol–water partition coefficient (Wildman–Crippen LogP) is 4.08. The topological polar surface area (TPSA) is 80.3 Å². The number of ether oxygens (including phenoxy) is 2. The maximum Gasteiger partial charge on any atom is 0.149 e. The molecule has 0 unspecified atom stereocenters. The van der Waals surface area contributed by atoms with Crippen LogP contribution in [0.15, 0.2) is 30.7 Å². The lowest BCUT2D eigenvalue weighted by molar-refractivity contribution is 0.0699. The molecule has 8 heteroatoms. The first-order valence-corrected chi connectivity index (χ1v) is 12.1. The third-order valence-corrected chi connectivity index (χ3v) is 6.66. The highest BCUT2D eigenvalue weighted by Gasteiger charge is 2.21. The quantitative estimate of drug-likeness (QED) is 0.464. The Morgan fingerprint density at radius 2 is 1.82 bits per heavy atom. The molecular formula is C25H36FN5O2. The molecule has 1 saturated carbocycles. The third-order valence-electron chi connectivity index (χ3n) is 6.66. The van der Waals surface area contributed by atoms with Gasteiger partial charge in [0.1, 0.15) is 11.6 Å². The summed E-state index contributed by atoms with van der Waals surface area (Å²) in [6.45, 7) is 4.16. The van der Waals surface area contributed by atoms with Crippen molar-refractivity contribution >= 4 is 11.5 Å². The molecule has 3 N–H and O–H groups in total. The van der Waals surface area contributed by atoms with Gasteiger partial charge in [0, 0.05) is 69.0 Å². The number of hydrogen-bond acceptors (Lipinski definition) is 7. The highest BCUT2D eigenvalue weighted by atomic mass is 19.1. The molecule has 2 aromatic rings. The zero-order valence-corrected chi connectivity index (χ0v) is 19.5. The number of nitrogens with zero attached hydrogens (tertiary/aromatic N) is 2. The SMILES string of the molecule is COCCNC1CCC(Nc2cc(-c3cncc(NCC4CCOCC4)c3)c(F)cn2)CC1. The van der Waals surface area contributed by atoms with Crippen LogP contribution in [0.5, 0.6) is 0 Å². The van der Waals surface area contributed by atoms with E-state index in [0.29, 0.717) is 29.4 Å². The van der Waals surface area contributed by atoms with Crippen molar-refractivity contribution in [1.29, 1.82) is 0 Å². The van der Waals surface area contributed by atoms with Gasteiger partial charge in [-0.1, -0.05) is 0 Å². The van der Waals surface area contributed by atoms with Crippen molar-refractivity contribution in [2.24, 2.45) is 5.92 Å². The molecule has 0 spiro atoms. The van der Waals surface area contributed by atoms with Crippen LogP contribution < -0.4 is 16.0 Å². The largest absolute Gasteiger partial charge is 0.384 e. The van der Waals surface area contributed by atoms with Gasteiger partial charge in [-0.05, 0) is 56.6 Å². The number of pyridine rings is 2. The van der Waals surface area contributed by atoms with Crippen LogP contribution in [0.3, 0.4) is 0 Å². The first-order chi connectivity index (χ1) is 16.2. The fourth-order valence-corrected chi connectivity index (χ4v) is 4.65. The van der Waals surface area contributed by atoms with Gasteiger partial charge < -0.3 is 25.4 Å². The molecule has 1 aliphatic heterocycles. The lowest BCUT2D eigenvalue weighted by Crippen LogP contribution is -2.38. The molecule has 0 radical (unpaired) electrons. The second-order valence-corrected chi connectivity index (χ2v) is 9.09. The molecule has 7 nitrogen and oxygen atoms in total. The minimum atomic E-state index is -0.338. The summed E-state index contributed by atoms with van der Waals surface area (Å²) >= 11 is 0. The Bertz CT molecular complexity index is 870. The Labute approximate surface area is 195 Å². The van der Waals surface area contributed by atoms with Gasteiger partial charge in [0.2, 0.25) is 0 Å². The fourth-order valence-electron chi connectivity index (χ4n) is 4.65. The molecule has 180 valence electrons. The fraction of sp³-hybridized carbons (Fsp3) is 0.600. The summed E-state index contributed by atoms with van der Waals surface area (Å²) in [5.41, 5.74) is 2.18. The number of aromatic nitrogens is 2. The highest BCUT2D eigenvalue weighted by Crippen LogP contribution is 2.28. The van der Waals surface area contributed by atoms with E-state index in [4.69, 9.17) is 9.47 Å². The molecule has 0 aromatic carbocycles. The van der Waals surface area contributed by atoms with E-state index in [9.17, 15) is 4.39 Å². The lowest BCUT2D eigenvalue weighted by Gasteiger charge is -2.30. The minimum Gasteiger partial charge on any atom is -0.384 e. The number of nitrogens with one attached hydrogen (secondary N) is 3. The Kier molecular flexibility index (Phi) is 8.86. The summed E-state index contributed by atoms with van der Waals surface area (Å²) in [7, 11) is 1.72. The summed E-state index contributed by atoms with van der Waals surface area (Å²) in [5, 5.41) is 10.5. The first-order valence-electron chi connectivity index (χ1n) is 12.1. The summed E-state index contributed by atoms with van der Waals surface area (Å²) in [5.74, 6) is 0.971. The van der Waals surface area contributed by atoms with Gasteiger partial charge in [-0.2, -0.15) is 0 Å². The van der Waals surface area contributed by atoms with Crippen molar-refractivity contribution in [1.82, 2.24) is 15.3 Å². The number of anilines is 2. The molecule has 0 bridgehead atoms. The van der Waals surface area contributed by atoms with Crippen LogP contribution in [0.1, 0.15) is 38.5 Å². The third kappa shape index (κ3) is 7.09. The lowest BCUT2D eigenvalue weighted by atomic mass is 9.91. The van der Waals surface area contributed by atoms with Crippen LogP contribution >= 0.6 is 0 Å². The normalized spacial score (nSPS) is 21.6. The Morgan fingerprint density at radius 3 is 2.61 bits per heavy atom. The van der Waals surface area contributed by atoms with Crippen LogP contribution in [-0.2, 0) is 9.47 Å². The van der Waals surface area contributed by atoms with E-state index in [0.717, 1.165) is 82.7 Å². The molecule has 4 rings (SSSR count). The maximum atomic E-state index is 14.7. The van der Waals surface area contributed by atoms with Gasteiger partial charge in [0.05, 0.1) is 18.5 Å². The van der Waals surface area contributed by atoms with E-state index in [1.54, 1.807) is 25.6 Å². The summed E-state index contributed by atoms with van der Waals surface area (Å²) in [4.78, 5) is 8.63. The van der Waals surface area contributed by atoms with E-state index >= 15 is 0 Å². The van der Waals surface area contributed by atoms with Crippen LogP contribution in [-0.4, -0.2) is 62.1 Å².